The van der Waals surface area contributed by atoms with E-state index in [1.807, 2.05) is 47.1 Å². The second-order valence-electron chi connectivity index (χ2n) is 6.91. The molecule has 1 aromatic heterocycles. The molecule has 1 heterocycles. The van der Waals surface area contributed by atoms with Crippen LogP contribution in [0.15, 0.2) is 83.8 Å². The van der Waals surface area contributed by atoms with Gasteiger partial charge in [-0.2, -0.15) is 5.10 Å². The van der Waals surface area contributed by atoms with Crippen molar-refractivity contribution in [2.24, 2.45) is 0 Å². The van der Waals surface area contributed by atoms with Gasteiger partial charge in [0.05, 0.1) is 22.0 Å². The smallest absolute Gasteiger partial charge is 0.175 e. The maximum atomic E-state index is 11.8. The summed E-state index contributed by atoms with van der Waals surface area (Å²) in [7, 11) is -3.25. The van der Waals surface area contributed by atoms with Crippen molar-refractivity contribution in [3.8, 4) is 28.2 Å². The molecular formula is C23H19ClN2O2S. The van der Waals surface area contributed by atoms with Crippen molar-refractivity contribution in [1.82, 2.24) is 9.78 Å². The number of aryl methyl sites for hydroxylation is 1. The number of sulfone groups is 1. The third-order valence-electron chi connectivity index (χ3n) is 4.78. The number of nitrogens with zero attached hydrogens (tertiary/aromatic N) is 2. The summed E-state index contributed by atoms with van der Waals surface area (Å²) in [5.74, 6) is 0. The summed E-state index contributed by atoms with van der Waals surface area (Å²) in [6.45, 7) is 2.06. The van der Waals surface area contributed by atoms with E-state index in [1.165, 1.54) is 6.26 Å². The van der Waals surface area contributed by atoms with Gasteiger partial charge in [-0.05, 0) is 55.0 Å². The molecule has 0 bridgehead atoms. The molecule has 6 heteroatoms. The molecule has 146 valence electrons. The minimum absolute atomic E-state index is 0.281. The van der Waals surface area contributed by atoms with Crippen molar-refractivity contribution in [2.75, 3.05) is 6.26 Å². The molecule has 0 saturated heterocycles. The highest BCUT2D eigenvalue weighted by molar-refractivity contribution is 7.90. The molecule has 0 amide bonds. The Kier molecular flexibility index (Phi) is 5.03. The molecule has 4 aromatic rings. The summed E-state index contributed by atoms with van der Waals surface area (Å²) in [6, 6.07) is 24.5. The zero-order valence-electron chi connectivity index (χ0n) is 16.0. The fourth-order valence-electron chi connectivity index (χ4n) is 3.23. The minimum Gasteiger partial charge on any atom is -0.232 e. The van der Waals surface area contributed by atoms with E-state index >= 15 is 0 Å². The molecule has 29 heavy (non-hydrogen) atoms. The topological polar surface area (TPSA) is 52.0 Å². The maximum absolute atomic E-state index is 11.8. The molecule has 4 nitrogen and oxygen atoms in total. The normalized spacial score (nSPS) is 11.6. The Hall–Kier alpha value is -2.89. The zero-order valence-corrected chi connectivity index (χ0v) is 17.6. The molecule has 0 unspecified atom stereocenters. The van der Waals surface area contributed by atoms with Gasteiger partial charge in [0, 0.05) is 22.4 Å². The van der Waals surface area contributed by atoms with E-state index in [1.54, 1.807) is 24.3 Å². The average Bonchev–Trinajstić information content (AvgIpc) is 3.13. The van der Waals surface area contributed by atoms with E-state index < -0.39 is 9.84 Å². The molecule has 0 aliphatic heterocycles. The number of hydrogen-bond acceptors (Lipinski definition) is 3. The lowest BCUT2D eigenvalue weighted by Gasteiger charge is -2.10. The van der Waals surface area contributed by atoms with Gasteiger partial charge in [-0.25, -0.2) is 13.1 Å². The van der Waals surface area contributed by atoms with Crippen LogP contribution in [0.2, 0.25) is 5.02 Å². The number of benzene rings is 3. The molecule has 0 radical (unpaired) electrons. The van der Waals surface area contributed by atoms with Crippen LogP contribution in [0, 0.1) is 6.92 Å². The number of hydrogen-bond donors (Lipinski definition) is 0. The van der Waals surface area contributed by atoms with Gasteiger partial charge in [-0.3, -0.25) is 0 Å². The molecule has 4 rings (SSSR count). The Morgan fingerprint density at radius 2 is 1.55 bits per heavy atom. The van der Waals surface area contributed by atoms with Crippen LogP contribution in [0.3, 0.4) is 0 Å². The number of halogens is 1. The first-order chi connectivity index (χ1) is 13.8. The molecular weight excluding hydrogens is 404 g/mol. The second kappa shape index (κ2) is 7.50. The lowest BCUT2D eigenvalue weighted by molar-refractivity contribution is 0.602. The first-order valence-corrected chi connectivity index (χ1v) is 11.3. The van der Waals surface area contributed by atoms with Crippen molar-refractivity contribution >= 4 is 21.4 Å². The van der Waals surface area contributed by atoms with Gasteiger partial charge in [0.2, 0.25) is 0 Å². The van der Waals surface area contributed by atoms with Gasteiger partial charge in [-0.1, -0.05) is 48.0 Å². The highest BCUT2D eigenvalue weighted by Crippen LogP contribution is 2.31. The molecule has 0 N–H and O–H groups in total. The van der Waals surface area contributed by atoms with Crippen LogP contribution < -0.4 is 0 Å². The van der Waals surface area contributed by atoms with Crippen LogP contribution in [-0.4, -0.2) is 24.5 Å². The van der Waals surface area contributed by atoms with Crippen LogP contribution >= 0.6 is 11.6 Å². The minimum atomic E-state index is -3.25. The van der Waals surface area contributed by atoms with Crippen LogP contribution in [-0.2, 0) is 9.84 Å². The predicted octanol–water partition coefficient (Wildman–Crippen LogP) is 5.57. The zero-order chi connectivity index (χ0) is 20.6. The second-order valence-corrected chi connectivity index (χ2v) is 9.37. The monoisotopic (exact) mass is 422 g/mol. The van der Waals surface area contributed by atoms with Crippen molar-refractivity contribution in [3.05, 3.63) is 89.4 Å². The molecule has 3 aromatic carbocycles. The third kappa shape index (κ3) is 3.97. The van der Waals surface area contributed by atoms with Crippen molar-refractivity contribution in [3.63, 3.8) is 0 Å². The largest absolute Gasteiger partial charge is 0.232 e. The summed E-state index contributed by atoms with van der Waals surface area (Å²) < 4.78 is 25.4. The van der Waals surface area contributed by atoms with E-state index in [4.69, 9.17) is 16.7 Å². The van der Waals surface area contributed by atoms with E-state index in [-0.39, 0.29) is 4.90 Å². The maximum Gasteiger partial charge on any atom is 0.175 e. The highest BCUT2D eigenvalue weighted by Gasteiger charge is 2.15. The van der Waals surface area contributed by atoms with E-state index in [2.05, 4.69) is 19.1 Å². The van der Waals surface area contributed by atoms with E-state index in [9.17, 15) is 8.42 Å². The Balaban J connectivity index is 1.89. The molecule has 0 saturated carbocycles. The summed E-state index contributed by atoms with van der Waals surface area (Å²) in [5, 5.41) is 5.48. The van der Waals surface area contributed by atoms with Gasteiger partial charge in [0.15, 0.2) is 9.84 Å². The van der Waals surface area contributed by atoms with Crippen LogP contribution in [0.25, 0.3) is 28.2 Å². The summed E-state index contributed by atoms with van der Waals surface area (Å²) in [5.41, 5.74) is 5.68. The Bertz CT molecular complexity index is 1280. The first kappa shape index (κ1) is 19.4. The average molecular weight is 423 g/mol. The van der Waals surface area contributed by atoms with Gasteiger partial charge < -0.3 is 0 Å². The van der Waals surface area contributed by atoms with Gasteiger partial charge in [0.25, 0.3) is 0 Å². The quantitative estimate of drug-likeness (QED) is 0.432. The summed E-state index contributed by atoms with van der Waals surface area (Å²) >= 11 is 6.03. The van der Waals surface area contributed by atoms with Gasteiger partial charge in [-0.15, -0.1) is 0 Å². The first-order valence-electron chi connectivity index (χ1n) is 9.05. The van der Waals surface area contributed by atoms with Crippen molar-refractivity contribution in [1.29, 1.82) is 0 Å². The third-order valence-corrected chi connectivity index (χ3v) is 6.16. The predicted molar refractivity (Wildman–Crippen MR) is 117 cm³/mol. The van der Waals surface area contributed by atoms with Gasteiger partial charge in [0.1, 0.15) is 0 Å². The Labute approximate surface area is 175 Å². The van der Waals surface area contributed by atoms with E-state index in [0.717, 1.165) is 33.8 Å². The number of rotatable bonds is 4. The fourth-order valence-corrected chi connectivity index (χ4v) is 3.98. The lowest BCUT2D eigenvalue weighted by atomic mass is 10.0. The molecule has 0 aliphatic carbocycles. The fraction of sp³-hybridized carbons (Fsp3) is 0.0870. The lowest BCUT2D eigenvalue weighted by Crippen LogP contribution is -2.02. The van der Waals surface area contributed by atoms with Crippen LogP contribution in [0.1, 0.15) is 5.56 Å². The van der Waals surface area contributed by atoms with Crippen molar-refractivity contribution < 1.29 is 8.42 Å². The van der Waals surface area contributed by atoms with Crippen LogP contribution in [0.4, 0.5) is 0 Å². The summed E-state index contributed by atoms with van der Waals surface area (Å²) in [4.78, 5) is 0.281. The Morgan fingerprint density at radius 3 is 2.17 bits per heavy atom. The highest BCUT2D eigenvalue weighted by atomic mass is 35.5. The molecule has 0 fully saturated rings. The Morgan fingerprint density at radius 1 is 0.897 bits per heavy atom. The standard InChI is InChI=1S/C23H19ClN2O2S/c1-16-5-3-4-6-21(16)23-15-22(17-7-9-18(24)10-8-17)25-26(23)19-11-13-20(14-12-19)29(2,27)28/h3-15H,1-2H3. The molecule has 0 atom stereocenters. The molecule has 0 aliphatic rings. The van der Waals surface area contributed by atoms with Crippen LogP contribution in [0.5, 0.6) is 0 Å². The molecule has 0 spiro atoms. The van der Waals surface area contributed by atoms with E-state index in [0.29, 0.717) is 5.02 Å². The SMILES string of the molecule is Cc1ccccc1-c1cc(-c2ccc(Cl)cc2)nn1-c1ccc(S(C)(=O)=O)cc1. The summed E-state index contributed by atoms with van der Waals surface area (Å²) in [6.07, 6.45) is 1.20. The van der Waals surface area contributed by atoms with Crippen molar-refractivity contribution in [2.45, 2.75) is 11.8 Å². The van der Waals surface area contributed by atoms with Gasteiger partial charge >= 0.3 is 0 Å². The number of aromatic nitrogens is 2.